The van der Waals surface area contributed by atoms with Crippen LogP contribution in [0.2, 0.25) is 0 Å². The van der Waals surface area contributed by atoms with Crippen molar-refractivity contribution in [3.63, 3.8) is 0 Å². The van der Waals surface area contributed by atoms with E-state index >= 15 is 0 Å². The molecule has 0 amide bonds. The third-order valence-corrected chi connectivity index (χ3v) is 3.51. The second-order valence-electron chi connectivity index (χ2n) is 6.40. The summed E-state index contributed by atoms with van der Waals surface area (Å²) in [5.74, 6) is 1.94. The highest BCUT2D eigenvalue weighted by Crippen LogP contribution is 2.34. The summed E-state index contributed by atoms with van der Waals surface area (Å²) in [4.78, 5) is 2.60. The molecule has 2 aliphatic carbocycles. The van der Waals surface area contributed by atoms with Crippen LogP contribution in [0.1, 0.15) is 39.5 Å². The van der Waals surface area contributed by atoms with Gasteiger partial charge in [0.25, 0.3) is 0 Å². The zero-order valence-corrected chi connectivity index (χ0v) is 10.2. The summed E-state index contributed by atoms with van der Waals surface area (Å²) in [5.41, 5.74) is 0.0732. The van der Waals surface area contributed by atoms with Crippen molar-refractivity contribution in [2.45, 2.75) is 39.5 Å². The number of aliphatic hydroxyl groups is 1. The van der Waals surface area contributed by atoms with Crippen LogP contribution < -0.4 is 0 Å². The molecule has 0 atom stereocenters. The second kappa shape index (κ2) is 4.42. The van der Waals surface area contributed by atoms with Crippen LogP contribution in [0.15, 0.2) is 0 Å². The van der Waals surface area contributed by atoms with E-state index in [2.05, 4.69) is 18.7 Å². The van der Waals surface area contributed by atoms with E-state index < -0.39 is 0 Å². The van der Waals surface area contributed by atoms with Crippen LogP contribution in [0.4, 0.5) is 0 Å². The summed E-state index contributed by atoms with van der Waals surface area (Å²) >= 11 is 0. The molecule has 88 valence electrons. The predicted octanol–water partition coefficient (Wildman–Crippen LogP) is 2.13. The zero-order chi connectivity index (χ0) is 10.9. The van der Waals surface area contributed by atoms with Gasteiger partial charge in [0.1, 0.15) is 0 Å². The second-order valence-corrected chi connectivity index (χ2v) is 6.40. The average molecular weight is 211 g/mol. The normalized spacial score (nSPS) is 22.4. The summed E-state index contributed by atoms with van der Waals surface area (Å²) in [5, 5.41) is 9.32. The van der Waals surface area contributed by atoms with Crippen LogP contribution in [0.5, 0.6) is 0 Å². The monoisotopic (exact) mass is 211 g/mol. The fraction of sp³-hybridized carbons (Fsp3) is 1.00. The molecular weight excluding hydrogens is 186 g/mol. The molecule has 0 aromatic heterocycles. The minimum Gasteiger partial charge on any atom is -0.396 e. The molecule has 2 aliphatic rings. The van der Waals surface area contributed by atoms with Crippen LogP contribution in [-0.4, -0.2) is 36.2 Å². The minimum atomic E-state index is 0.0732. The van der Waals surface area contributed by atoms with E-state index in [1.807, 2.05) is 0 Å². The Balaban J connectivity index is 1.79. The van der Waals surface area contributed by atoms with E-state index in [1.165, 1.54) is 38.8 Å². The molecule has 2 heteroatoms. The molecule has 1 N–H and O–H groups in total. The van der Waals surface area contributed by atoms with Gasteiger partial charge in [-0.3, -0.25) is 0 Å². The van der Waals surface area contributed by atoms with Crippen LogP contribution >= 0.6 is 0 Å². The Labute approximate surface area is 93.7 Å². The first-order valence-corrected chi connectivity index (χ1v) is 6.42. The number of hydrogen-bond acceptors (Lipinski definition) is 2. The van der Waals surface area contributed by atoms with E-state index in [-0.39, 0.29) is 5.41 Å². The quantitative estimate of drug-likeness (QED) is 0.697. The van der Waals surface area contributed by atoms with Gasteiger partial charge in [0, 0.05) is 31.7 Å². The summed E-state index contributed by atoms with van der Waals surface area (Å²) in [6.07, 6.45) is 5.73. The lowest BCUT2D eigenvalue weighted by Crippen LogP contribution is -2.38. The van der Waals surface area contributed by atoms with Gasteiger partial charge in [0.05, 0.1) is 0 Å². The van der Waals surface area contributed by atoms with Crippen molar-refractivity contribution in [2.24, 2.45) is 17.3 Å². The number of hydrogen-bond donors (Lipinski definition) is 1. The third kappa shape index (κ3) is 4.12. The molecule has 0 bridgehead atoms. The Morgan fingerprint density at radius 2 is 1.53 bits per heavy atom. The smallest absolute Gasteiger partial charge is 0.0494 e. The average Bonchev–Trinajstić information content (AvgIpc) is 2.99. The molecule has 2 saturated carbocycles. The Morgan fingerprint density at radius 3 is 1.87 bits per heavy atom. The van der Waals surface area contributed by atoms with Crippen molar-refractivity contribution in [3.05, 3.63) is 0 Å². The number of aliphatic hydroxyl groups excluding tert-OH is 1. The van der Waals surface area contributed by atoms with E-state index in [0.29, 0.717) is 6.61 Å². The molecule has 0 saturated heterocycles. The van der Waals surface area contributed by atoms with Gasteiger partial charge in [-0.05, 0) is 37.5 Å². The number of rotatable bonds is 7. The van der Waals surface area contributed by atoms with Gasteiger partial charge < -0.3 is 10.0 Å². The third-order valence-electron chi connectivity index (χ3n) is 3.51. The molecule has 2 fully saturated rings. The molecule has 0 aliphatic heterocycles. The first-order chi connectivity index (χ1) is 7.09. The lowest BCUT2D eigenvalue weighted by Gasteiger charge is -2.31. The molecule has 2 rings (SSSR count). The summed E-state index contributed by atoms with van der Waals surface area (Å²) in [7, 11) is 0. The largest absolute Gasteiger partial charge is 0.396 e. The maximum atomic E-state index is 9.32. The number of nitrogens with zero attached hydrogens (tertiary/aromatic N) is 1. The highest BCUT2D eigenvalue weighted by atomic mass is 16.3. The van der Waals surface area contributed by atoms with E-state index in [0.717, 1.165) is 18.4 Å². The molecule has 0 aromatic rings. The van der Waals surface area contributed by atoms with Crippen molar-refractivity contribution < 1.29 is 5.11 Å². The topological polar surface area (TPSA) is 23.5 Å². The first kappa shape index (κ1) is 11.4. The molecule has 0 radical (unpaired) electrons. The fourth-order valence-electron chi connectivity index (χ4n) is 2.19. The molecule has 15 heavy (non-hydrogen) atoms. The van der Waals surface area contributed by atoms with Crippen LogP contribution in [0.25, 0.3) is 0 Å². The van der Waals surface area contributed by atoms with Crippen molar-refractivity contribution in [1.29, 1.82) is 0 Å². The summed E-state index contributed by atoms with van der Waals surface area (Å²) in [6, 6.07) is 0. The zero-order valence-electron chi connectivity index (χ0n) is 10.2. The first-order valence-electron chi connectivity index (χ1n) is 6.42. The van der Waals surface area contributed by atoms with E-state index in [9.17, 15) is 5.11 Å². The van der Waals surface area contributed by atoms with Gasteiger partial charge >= 0.3 is 0 Å². The van der Waals surface area contributed by atoms with Crippen LogP contribution in [0.3, 0.4) is 0 Å². The Morgan fingerprint density at radius 1 is 1.07 bits per heavy atom. The van der Waals surface area contributed by atoms with E-state index in [1.54, 1.807) is 0 Å². The Hall–Kier alpha value is -0.0800. The van der Waals surface area contributed by atoms with Crippen molar-refractivity contribution in [3.8, 4) is 0 Å². The maximum absolute atomic E-state index is 9.32. The van der Waals surface area contributed by atoms with Gasteiger partial charge in [-0.2, -0.15) is 0 Å². The Bertz CT molecular complexity index is 193. The van der Waals surface area contributed by atoms with Gasteiger partial charge in [-0.1, -0.05) is 13.8 Å². The fourth-order valence-corrected chi connectivity index (χ4v) is 2.19. The highest BCUT2D eigenvalue weighted by Gasteiger charge is 2.31. The van der Waals surface area contributed by atoms with Crippen molar-refractivity contribution in [1.82, 2.24) is 4.90 Å². The maximum Gasteiger partial charge on any atom is 0.0494 e. The molecular formula is C13H25NO. The SMILES string of the molecule is CC(C)(CO)CN(CC1CC1)CC1CC1. The van der Waals surface area contributed by atoms with E-state index in [4.69, 9.17) is 0 Å². The Kier molecular flexibility index (Phi) is 3.36. The van der Waals surface area contributed by atoms with Gasteiger partial charge in [0.15, 0.2) is 0 Å². The lowest BCUT2D eigenvalue weighted by molar-refractivity contribution is 0.0975. The van der Waals surface area contributed by atoms with Crippen molar-refractivity contribution in [2.75, 3.05) is 26.2 Å². The van der Waals surface area contributed by atoms with Gasteiger partial charge in [0.2, 0.25) is 0 Å². The van der Waals surface area contributed by atoms with Crippen LogP contribution in [0, 0.1) is 17.3 Å². The summed E-state index contributed by atoms with van der Waals surface area (Å²) in [6.45, 7) is 8.26. The molecule has 2 nitrogen and oxygen atoms in total. The molecule has 0 heterocycles. The van der Waals surface area contributed by atoms with Crippen LogP contribution in [-0.2, 0) is 0 Å². The van der Waals surface area contributed by atoms with Gasteiger partial charge in [-0.15, -0.1) is 0 Å². The minimum absolute atomic E-state index is 0.0732. The summed E-state index contributed by atoms with van der Waals surface area (Å²) < 4.78 is 0. The molecule has 0 spiro atoms. The molecule has 0 unspecified atom stereocenters. The standard InChI is InChI=1S/C13H25NO/c1-13(2,10-15)9-14(7-11-3-4-11)8-12-5-6-12/h11-12,15H,3-10H2,1-2H3. The highest BCUT2D eigenvalue weighted by molar-refractivity contribution is 4.84. The molecule has 0 aromatic carbocycles. The lowest BCUT2D eigenvalue weighted by atomic mass is 9.94. The van der Waals surface area contributed by atoms with Gasteiger partial charge in [-0.25, -0.2) is 0 Å². The predicted molar refractivity (Wildman–Crippen MR) is 62.8 cm³/mol. The van der Waals surface area contributed by atoms with Crippen molar-refractivity contribution >= 4 is 0 Å².